The van der Waals surface area contributed by atoms with Gasteiger partial charge in [0.05, 0.1) is 30.3 Å². The molecule has 7 aliphatic rings. The molecule has 2 saturated heterocycles. The molecule has 2 spiro atoms. The summed E-state index contributed by atoms with van der Waals surface area (Å²) in [7, 11) is 0. The molecule has 5 saturated carbocycles. The zero-order valence-electron chi connectivity index (χ0n) is 27.4. The van der Waals surface area contributed by atoms with Crippen LogP contribution in [0.4, 0.5) is 0 Å². The highest BCUT2D eigenvalue weighted by Crippen LogP contribution is 2.89. The summed E-state index contributed by atoms with van der Waals surface area (Å²) in [6, 6.07) is 0. The summed E-state index contributed by atoms with van der Waals surface area (Å²) in [6.07, 6.45) is 8.99. The molecule has 0 amide bonds. The number of aliphatic hydroxyl groups excluding tert-OH is 2. The second-order valence-electron chi connectivity index (χ2n) is 17.6. The van der Waals surface area contributed by atoms with Crippen LogP contribution in [0.2, 0.25) is 0 Å². The van der Waals surface area contributed by atoms with E-state index in [1.165, 1.54) is 19.3 Å². The fraction of sp³-hybridized carbons (Fsp3) is 0.972. The van der Waals surface area contributed by atoms with Crippen molar-refractivity contribution in [3.05, 3.63) is 0 Å². The van der Waals surface area contributed by atoms with Crippen molar-refractivity contribution in [3.8, 4) is 0 Å². The van der Waals surface area contributed by atoms with Gasteiger partial charge in [-0.2, -0.15) is 0 Å². The van der Waals surface area contributed by atoms with Crippen LogP contribution in [0.1, 0.15) is 113 Å². The van der Waals surface area contributed by atoms with Gasteiger partial charge in [-0.25, -0.2) is 0 Å². The fourth-order valence-corrected chi connectivity index (χ4v) is 13.3. The third-order valence-electron chi connectivity index (χ3n) is 15.6. The number of ether oxygens (including phenoxy) is 3. The molecular weight excluding hydrogens is 528 g/mol. The van der Waals surface area contributed by atoms with Crippen LogP contribution in [0, 0.1) is 62.6 Å². The van der Waals surface area contributed by atoms with Crippen molar-refractivity contribution >= 4 is 5.97 Å². The number of carbonyl (C=O) groups excluding carboxylic acids is 1. The Morgan fingerprint density at radius 3 is 2.26 bits per heavy atom. The predicted molar refractivity (Wildman–Crippen MR) is 160 cm³/mol. The first-order valence-electron chi connectivity index (χ1n) is 17.5. The van der Waals surface area contributed by atoms with Gasteiger partial charge in [0.1, 0.15) is 6.10 Å². The molecule has 7 fully saturated rings. The van der Waals surface area contributed by atoms with Crippen molar-refractivity contribution in [1.82, 2.24) is 0 Å². The Morgan fingerprint density at radius 2 is 1.57 bits per heavy atom. The molecule has 0 aromatic rings. The van der Waals surface area contributed by atoms with E-state index in [2.05, 4.69) is 48.5 Å². The van der Waals surface area contributed by atoms with Crippen LogP contribution < -0.4 is 0 Å². The van der Waals surface area contributed by atoms with E-state index in [0.717, 1.165) is 44.9 Å². The molecule has 0 bridgehead atoms. The summed E-state index contributed by atoms with van der Waals surface area (Å²) in [6.45, 7) is 17.5. The van der Waals surface area contributed by atoms with Gasteiger partial charge in [0, 0.05) is 18.6 Å². The molecule has 6 nitrogen and oxygen atoms in total. The summed E-state index contributed by atoms with van der Waals surface area (Å²) in [5.74, 6) is 1.72. The van der Waals surface area contributed by atoms with Crippen LogP contribution in [0.3, 0.4) is 0 Å². The molecule has 5 aliphatic carbocycles. The molecule has 2 heterocycles. The van der Waals surface area contributed by atoms with E-state index in [9.17, 15) is 15.0 Å². The van der Waals surface area contributed by atoms with Gasteiger partial charge >= 0.3 is 5.97 Å². The van der Waals surface area contributed by atoms with E-state index < -0.39 is 6.10 Å². The minimum atomic E-state index is -0.518. The minimum Gasteiger partial charge on any atom is -0.459 e. The van der Waals surface area contributed by atoms with Gasteiger partial charge in [-0.1, -0.05) is 48.5 Å². The van der Waals surface area contributed by atoms with Gasteiger partial charge in [0.15, 0.2) is 0 Å². The van der Waals surface area contributed by atoms with Gasteiger partial charge in [0.25, 0.3) is 0 Å². The third-order valence-corrected chi connectivity index (χ3v) is 15.6. The summed E-state index contributed by atoms with van der Waals surface area (Å²) in [5, 5.41) is 23.5. The Labute approximate surface area is 254 Å². The summed E-state index contributed by atoms with van der Waals surface area (Å²) < 4.78 is 18.8. The van der Waals surface area contributed by atoms with Crippen LogP contribution in [-0.4, -0.2) is 59.9 Å². The highest BCUT2D eigenvalue weighted by Gasteiger charge is 2.84. The maximum atomic E-state index is 13.2. The van der Waals surface area contributed by atoms with E-state index in [-0.39, 0.29) is 58.5 Å². The molecule has 7 rings (SSSR count). The molecule has 0 radical (unpaired) electrons. The molecule has 13 atom stereocenters. The SMILES string of the molecule is CC(C)[C@@H](OC(=O)C1CCOCC1)C1C[C@@H](C)[C@H]2C(O1)[C@H](O)[C@@]1(C)[C@@H]3CC[C@H]4C(C)(C)C(O)CC[C@@]45C[C@@]35CC[C@]21C. The van der Waals surface area contributed by atoms with Crippen molar-refractivity contribution in [3.63, 3.8) is 0 Å². The third kappa shape index (κ3) is 3.67. The Hall–Kier alpha value is -0.690. The predicted octanol–water partition coefficient (Wildman–Crippen LogP) is 6.16. The van der Waals surface area contributed by atoms with Gasteiger partial charge in [-0.05, 0) is 115 Å². The number of rotatable bonds is 4. The van der Waals surface area contributed by atoms with E-state index in [1.54, 1.807) is 0 Å². The van der Waals surface area contributed by atoms with Gasteiger partial charge in [-0.3, -0.25) is 4.79 Å². The molecule has 238 valence electrons. The first kappa shape index (κ1) is 30.0. The molecule has 2 N–H and O–H groups in total. The monoisotopic (exact) mass is 586 g/mol. The largest absolute Gasteiger partial charge is 0.459 e. The Bertz CT molecular complexity index is 1080. The lowest BCUT2D eigenvalue weighted by Gasteiger charge is -2.63. The molecule has 6 heteroatoms. The first-order chi connectivity index (χ1) is 19.7. The fourth-order valence-electron chi connectivity index (χ4n) is 13.3. The standard InChI is InChI=1S/C36H58O6/c1-20(2)28(42-31(39)22-11-16-40-17-12-22)23-18-21(3)27-29(41-23)30(38)34(7)25-9-8-24-32(4,5)26(37)10-13-35(24)19-36(25,35)15-14-33(27,34)6/h20-30,37-38H,8-19H2,1-7H3/t21-,23?,24+,25+,26?,27+,28-,29?,30+,33-,34-,35-,36+/m1/s1. The highest BCUT2D eigenvalue weighted by molar-refractivity contribution is 5.72. The Balaban J connectivity index is 1.16. The number of carbonyl (C=O) groups is 1. The van der Waals surface area contributed by atoms with Crippen molar-refractivity contribution in [2.24, 2.45) is 62.6 Å². The molecule has 3 unspecified atom stereocenters. The van der Waals surface area contributed by atoms with Crippen molar-refractivity contribution in [2.45, 2.75) is 143 Å². The second kappa shape index (κ2) is 9.66. The van der Waals surface area contributed by atoms with E-state index in [1.807, 2.05) is 0 Å². The first-order valence-corrected chi connectivity index (χ1v) is 17.5. The van der Waals surface area contributed by atoms with Crippen molar-refractivity contribution < 1.29 is 29.2 Å². The average Bonchev–Trinajstić information content (AvgIpc) is 3.59. The van der Waals surface area contributed by atoms with Crippen LogP contribution in [-0.2, 0) is 19.0 Å². The normalized spacial score (nSPS) is 53.7. The van der Waals surface area contributed by atoms with Gasteiger partial charge < -0.3 is 24.4 Å². The lowest BCUT2D eigenvalue weighted by atomic mass is 9.41. The molecule has 42 heavy (non-hydrogen) atoms. The quantitative estimate of drug-likeness (QED) is 0.384. The number of fused-ring (bicyclic) bond motifs is 4. The molecular formula is C36H58O6. The Morgan fingerprint density at radius 1 is 0.905 bits per heavy atom. The molecule has 0 aromatic carbocycles. The second-order valence-corrected chi connectivity index (χ2v) is 17.6. The highest BCUT2D eigenvalue weighted by atomic mass is 16.6. The lowest BCUT2D eigenvalue weighted by molar-refractivity contribution is -0.200. The number of hydrogen-bond acceptors (Lipinski definition) is 6. The van der Waals surface area contributed by atoms with E-state index in [4.69, 9.17) is 14.2 Å². The van der Waals surface area contributed by atoms with E-state index in [0.29, 0.717) is 47.7 Å². The number of esters is 1. The van der Waals surface area contributed by atoms with E-state index >= 15 is 0 Å². The number of hydrogen-bond donors (Lipinski definition) is 2. The lowest BCUT2D eigenvalue weighted by Crippen LogP contribution is -2.59. The molecule has 0 aromatic heterocycles. The van der Waals surface area contributed by atoms with Crippen LogP contribution in [0.5, 0.6) is 0 Å². The van der Waals surface area contributed by atoms with Crippen molar-refractivity contribution in [1.29, 1.82) is 0 Å². The maximum absolute atomic E-state index is 13.2. The summed E-state index contributed by atoms with van der Waals surface area (Å²) >= 11 is 0. The topological polar surface area (TPSA) is 85.2 Å². The molecule has 2 aliphatic heterocycles. The summed E-state index contributed by atoms with van der Waals surface area (Å²) in [4.78, 5) is 13.2. The summed E-state index contributed by atoms with van der Waals surface area (Å²) in [5.41, 5.74) is 0.425. The minimum absolute atomic E-state index is 0.0177. The number of aliphatic hydroxyl groups is 2. The zero-order chi connectivity index (χ0) is 30.0. The van der Waals surface area contributed by atoms with Crippen LogP contribution in [0.15, 0.2) is 0 Å². The van der Waals surface area contributed by atoms with Crippen molar-refractivity contribution in [2.75, 3.05) is 13.2 Å². The van der Waals surface area contributed by atoms with Gasteiger partial charge in [0.2, 0.25) is 0 Å². The van der Waals surface area contributed by atoms with Crippen LogP contribution in [0.25, 0.3) is 0 Å². The average molecular weight is 587 g/mol. The Kier molecular flexibility index (Phi) is 6.90. The smallest absolute Gasteiger partial charge is 0.309 e. The van der Waals surface area contributed by atoms with Gasteiger partial charge in [-0.15, -0.1) is 0 Å². The maximum Gasteiger partial charge on any atom is 0.309 e. The van der Waals surface area contributed by atoms with Crippen LogP contribution >= 0.6 is 0 Å². The zero-order valence-corrected chi connectivity index (χ0v) is 27.4.